The molecule has 0 bridgehead atoms. The van der Waals surface area contributed by atoms with E-state index in [9.17, 15) is 72.2 Å². The summed E-state index contributed by atoms with van der Waals surface area (Å²) in [5.74, 6) is -16.5. The van der Waals surface area contributed by atoms with Crippen LogP contribution in [0.15, 0.2) is 42.1 Å². The van der Waals surface area contributed by atoms with Gasteiger partial charge < -0.3 is 84.3 Å². The minimum Gasteiger partial charge on any atom is -0.481 e. The van der Waals surface area contributed by atoms with Crippen LogP contribution in [-0.4, -0.2) is 190 Å². The van der Waals surface area contributed by atoms with Crippen LogP contribution in [0.5, 0.6) is 0 Å². The smallest absolute Gasteiger partial charge is 0.329 e. The largest absolute Gasteiger partial charge is 0.481 e. The second kappa shape index (κ2) is 45.7. The molecule has 606 valence electrons. The molecule has 0 aliphatic carbocycles. The normalized spacial score (nSPS) is 21.7. The van der Waals surface area contributed by atoms with Gasteiger partial charge in [-0.25, -0.2) is 4.79 Å². The van der Waals surface area contributed by atoms with Gasteiger partial charge in [0.2, 0.25) is 70.9 Å². The molecule has 0 aromatic heterocycles. The summed E-state index contributed by atoms with van der Waals surface area (Å²) in [4.78, 5) is 214. The Morgan fingerprint density at radius 3 is 1.63 bits per heavy atom. The number of nitrogens with zero attached hydrogens (tertiary/aromatic N) is 1. The Balaban J connectivity index is 1.97. The Hall–Kier alpha value is -9.03. The molecule has 13 amide bonds. The number of nitrogens with two attached hydrogens (primary N) is 1. The number of carboxylic acids is 1. The van der Waals surface area contributed by atoms with Gasteiger partial charge in [-0.3, -0.25) is 67.1 Å². The first-order chi connectivity index (χ1) is 50.7. The Labute approximate surface area is 637 Å². The van der Waals surface area contributed by atoms with Crippen molar-refractivity contribution in [1.82, 2.24) is 68.7 Å². The number of unbranched alkanes of at least 4 members (excludes halogenated alkanes) is 2. The molecule has 0 radical (unpaired) electrons. The molecule has 108 heavy (non-hydrogen) atoms. The van der Waals surface area contributed by atoms with E-state index in [0.717, 1.165) is 19.3 Å². The number of amides is 13. The summed E-state index contributed by atoms with van der Waals surface area (Å²) >= 11 is 0. The number of aliphatic carboxylic acids is 1. The van der Waals surface area contributed by atoms with E-state index in [0.29, 0.717) is 24.3 Å². The molecule has 0 saturated carbocycles. The average Bonchev–Trinajstić information content (AvgIpc) is 1.44. The molecule has 2 aliphatic rings. The first-order valence-corrected chi connectivity index (χ1v) is 38.5. The van der Waals surface area contributed by atoms with Crippen LogP contribution in [0.3, 0.4) is 0 Å². The van der Waals surface area contributed by atoms with Crippen molar-refractivity contribution in [1.29, 1.82) is 0 Å². The van der Waals surface area contributed by atoms with Gasteiger partial charge in [-0.1, -0.05) is 173 Å². The fourth-order valence-corrected chi connectivity index (χ4v) is 12.5. The number of carbonyl (C=O) groups excluding carboxylic acids is 14. The van der Waals surface area contributed by atoms with Crippen LogP contribution in [0.1, 0.15) is 207 Å². The SMILES string of the molecule is CC=C1NC(=O)[C@H](Cc2ccccc2)NC(=O)[C@H](C(C)C)NC(=O)[C@H](C(C)C)NC(=O)[C@H](NC(=O)[C@H](NC(=O)[C@H](CCCN)NC(=O)[C@H]2CCCN2C(=O)[C@H](NC(=O)[C@H](NC(=O)[C@H](NC(=O)[C@@H](CCC(=O)O)NC(=O)CCCCCC(C)C)C(C)C)C(C)C)C(C)C)[C@H](C)CC)[C@@H](C)OC(=O)[C@@H](C(C)C)NC1=O. The lowest BCUT2D eigenvalue weighted by Gasteiger charge is -2.33. The molecule has 0 spiro atoms. The lowest BCUT2D eigenvalue weighted by Crippen LogP contribution is -2.64. The number of carboxylic acid groups (broad SMARTS) is 1. The van der Waals surface area contributed by atoms with Crippen LogP contribution in [0.4, 0.5) is 0 Å². The zero-order valence-electron chi connectivity index (χ0n) is 66.7. The zero-order chi connectivity index (χ0) is 81.6. The van der Waals surface area contributed by atoms with Gasteiger partial charge in [-0.05, 0) is 112 Å². The molecule has 14 atom stereocenters. The van der Waals surface area contributed by atoms with Crippen molar-refractivity contribution in [2.45, 2.75) is 287 Å². The standard InChI is InChI=1S/C77H126N14O17/c1-19-47(17)63(74(104)90-64-48(18)108-77(107)62(46(15)16)88-65(95)50(20-2)80-68(98)53(39-49-30-24-22-25-31-49)82-70(100)57(41(5)6)84-72(102)59(43(9)10)86-75(64)105)89-66(96)51(32-27-37-78)81-69(99)54-33-28-38-91(54)76(106)61(45(13)14)87-73(103)60(44(11)12)85-71(101)58(42(7)8)83-67(97)52(35-36-56(93)94)79-55(92)34-26-21-23-29-40(3)4/h20,22,24-25,30-31,40-48,51-54,57-64H,19,21,23,26-29,32-39,78H2,1-18H3,(H,79,92)(H,80,98)(H,81,99)(H,82,100)(H,83,97)(H,84,102)(H,85,101)(H,86,105)(H,87,103)(H,88,95)(H,89,96)(H,90,104)(H,93,94)/t47-,48-,51+,52-,53+,54-,57+,58-,59+,60-,61-,62-,63-,64-/m1/s1. The van der Waals surface area contributed by atoms with Crippen molar-refractivity contribution < 1.29 is 81.8 Å². The van der Waals surface area contributed by atoms with Crippen LogP contribution in [0.2, 0.25) is 0 Å². The fraction of sp³-hybridized carbons (Fsp3) is 0.701. The number of carbonyl (C=O) groups is 15. The predicted octanol–water partition coefficient (Wildman–Crippen LogP) is 2.71. The Kier molecular flexibility index (Phi) is 39.4. The average molecular weight is 1520 g/mol. The van der Waals surface area contributed by atoms with Gasteiger partial charge in [0, 0.05) is 25.8 Å². The van der Waals surface area contributed by atoms with Crippen molar-refractivity contribution in [3.8, 4) is 0 Å². The maximum Gasteiger partial charge on any atom is 0.329 e. The number of allylic oxidation sites excluding steroid dienone is 1. The number of hydrogen-bond acceptors (Lipinski definition) is 17. The molecular formula is C77H126N14O17. The third-order valence-electron chi connectivity index (χ3n) is 19.4. The number of esters is 1. The van der Waals surface area contributed by atoms with E-state index in [1.54, 1.807) is 127 Å². The van der Waals surface area contributed by atoms with Crippen LogP contribution >= 0.6 is 0 Å². The molecule has 2 heterocycles. The van der Waals surface area contributed by atoms with Gasteiger partial charge in [0.25, 0.3) is 5.91 Å². The molecule has 1 aromatic rings. The molecule has 31 heteroatoms. The summed E-state index contributed by atoms with van der Waals surface area (Å²) in [5, 5.41) is 41.8. The van der Waals surface area contributed by atoms with Gasteiger partial charge in [-0.15, -0.1) is 0 Å². The van der Waals surface area contributed by atoms with Gasteiger partial charge in [-0.2, -0.15) is 0 Å². The van der Waals surface area contributed by atoms with Crippen LogP contribution in [0.25, 0.3) is 0 Å². The third-order valence-corrected chi connectivity index (χ3v) is 19.4. The number of cyclic esters (lactones) is 1. The molecule has 3 rings (SSSR count). The van der Waals surface area contributed by atoms with E-state index in [2.05, 4.69) is 77.6 Å². The number of ether oxygens (including phenoxy) is 1. The van der Waals surface area contributed by atoms with E-state index < -0.39 is 215 Å². The van der Waals surface area contributed by atoms with Gasteiger partial charge in [0.15, 0.2) is 0 Å². The highest BCUT2D eigenvalue weighted by atomic mass is 16.5. The lowest BCUT2D eigenvalue weighted by atomic mass is 9.96. The molecule has 1 aromatic carbocycles. The van der Waals surface area contributed by atoms with Crippen molar-refractivity contribution in [3.05, 3.63) is 47.7 Å². The number of nitrogens with one attached hydrogen (secondary N) is 12. The summed E-state index contributed by atoms with van der Waals surface area (Å²) in [5.41, 5.74) is 6.33. The second-order valence-corrected chi connectivity index (χ2v) is 31.0. The Morgan fingerprint density at radius 1 is 0.583 bits per heavy atom. The maximum atomic E-state index is 15.0. The molecule has 31 nitrogen and oxygen atoms in total. The van der Waals surface area contributed by atoms with Gasteiger partial charge in [0.1, 0.15) is 84.3 Å². The number of rotatable bonds is 36. The van der Waals surface area contributed by atoms with E-state index in [4.69, 9.17) is 10.5 Å². The third kappa shape index (κ3) is 29.5. The van der Waals surface area contributed by atoms with E-state index in [-0.39, 0.29) is 63.7 Å². The minimum atomic E-state index is -1.83. The van der Waals surface area contributed by atoms with Crippen molar-refractivity contribution in [3.63, 3.8) is 0 Å². The van der Waals surface area contributed by atoms with E-state index in [1.165, 1.54) is 24.8 Å². The molecular weight excluding hydrogens is 1390 g/mol. The monoisotopic (exact) mass is 1520 g/mol. The van der Waals surface area contributed by atoms with Crippen molar-refractivity contribution in [2.24, 2.45) is 53.1 Å². The highest BCUT2D eigenvalue weighted by Crippen LogP contribution is 2.23. The molecule has 2 fully saturated rings. The summed E-state index contributed by atoms with van der Waals surface area (Å²) in [6, 6.07) is -7.64. The Morgan fingerprint density at radius 2 is 1.11 bits per heavy atom. The van der Waals surface area contributed by atoms with Crippen molar-refractivity contribution >= 4 is 88.7 Å². The molecule has 0 unspecified atom stereocenters. The summed E-state index contributed by atoms with van der Waals surface area (Å²) in [7, 11) is 0. The van der Waals surface area contributed by atoms with Crippen LogP contribution in [-0.2, 0) is 83.1 Å². The number of benzene rings is 1. The number of hydrogen-bond donors (Lipinski definition) is 14. The van der Waals surface area contributed by atoms with Gasteiger partial charge in [0.05, 0.1) is 0 Å². The van der Waals surface area contributed by atoms with Crippen LogP contribution in [0, 0.1) is 47.3 Å². The maximum absolute atomic E-state index is 15.0. The van der Waals surface area contributed by atoms with Crippen molar-refractivity contribution in [2.75, 3.05) is 13.1 Å². The fourth-order valence-electron chi connectivity index (χ4n) is 12.5. The second-order valence-electron chi connectivity index (χ2n) is 31.0. The van der Waals surface area contributed by atoms with E-state index >= 15 is 4.79 Å². The quantitative estimate of drug-likeness (QED) is 0.0261. The molecule has 2 aliphatic heterocycles. The van der Waals surface area contributed by atoms with Gasteiger partial charge >= 0.3 is 11.9 Å². The minimum absolute atomic E-state index is 0.0393. The predicted molar refractivity (Wildman–Crippen MR) is 405 cm³/mol. The molecule has 15 N–H and O–H groups in total. The summed E-state index contributed by atoms with van der Waals surface area (Å²) in [6.07, 6.45) is 3.21. The summed E-state index contributed by atoms with van der Waals surface area (Å²) in [6.45, 7) is 30.2. The zero-order valence-corrected chi connectivity index (χ0v) is 66.7. The highest BCUT2D eigenvalue weighted by Gasteiger charge is 2.44. The highest BCUT2D eigenvalue weighted by molar-refractivity contribution is 6.03. The molecule has 2 saturated heterocycles. The summed E-state index contributed by atoms with van der Waals surface area (Å²) < 4.78 is 5.94. The first-order valence-electron chi connectivity index (χ1n) is 38.5. The van der Waals surface area contributed by atoms with Crippen LogP contribution < -0.4 is 69.5 Å². The topological polar surface area (TPSA) is 459 Å². The van der Waals surface area contributed by atoms with E-state index in [1.807, 2.05) is 0 Å². The Bertz CT molecular complexity index is 3270. The number of likely N-dealkylation sites (tertiary alicyclic amines) is 1. The lowest BCUT2D eigenvalue weighted by molar-refractivity contribution is -0.157. The first kappa shape index (κ1) is 93.2.